The third-order valence-corrected chi connectivity index (χ3v) is 5.95. The number of nitrogens with one attached hydrogen (secondary N) is 1. The van der Waals surface area contributed by atoms with Crippen LogP contribution in [0.4, 0.5) is 0 Å². The zero-order chi connectivity index (χ0) is 12.9. The molecule has 0 heterocycles. The van der Waals surface area contributed by atoms with E-state index in [9.17, 15) is 0 Å². The van der Waals surface area contributed by atoms with Crippen LogP contribution in [-0.4, -0.2) is 13.1 Å². The summed E-state index contributed by atoms with van der Waals surface area (Å²) >= 11 is 0. The lowest BCUT2D eigenvalue weighted by molar-refractivity contribution is -0.143. The van der Waals surface area contributed by atoms with Crippen LogP contribution < -0.4 is 5.32 Å². The van der Waals surface area contributed by atoms with Gasteiger partial charge in [0.1, 0.15) is 0 Å². The van der Waals surface area contributed by atoms with Gasteiger partial charge in [-0.05, 0) is 73.7 Å². The van der Waals surface area contributed by atoms with Gasteiger partial charge in [0.2, 0.25) is 0 Å². The van der Waals surface area contributed by atoms with Crippen LogP contribution in [0.5, 0.6) is 0 Å². The molecule has 0 aromatic carbocycles. The van der Waals surface area contributed by atoms with Gasteiger partial charge in [-0.25, -0.2) is 0 Å². The van der Waals surface area contributed by atoms with Gasteiger partial charge in [-0.2, -0.15) is 0 Å². The molecular weight excluding hydrogens is 218 g/mol. The molecule has 0 aromatic heterocycles. The van der Waals surface area contributed by atoms with Gasteiger partial charge in [0.05, 0.1) is 0 Å². The van der Waals surface area contributed by atoms with E-state index in [1.54, 1.807) is 0 Å². The largest absolute Gasteiger partial charge is 0.316 e. The molecule has 0 aliphatic heterocycles. The molecule has 4 bridgehead atoms. The molecular formula is C17H31N. The van der Waals surface area contributed by atoms with Crippen LogP contribution in [0, 0.1) is 22.2 Å². The minimum absolute atomic E-state index is 0.663. The van der Waals surface area contributed by atoms with Crippen LogP contribution in [0.3, 0.4) is 0 Å². The second kappa shape index (κ2) is 4.23. The Hall–Kier alpha value is -0.0400. The third-order valence-electron chi connectivity index (χ3n) is 5.95. The Morgan fingerprint density at radius 3 is 2.22 bits per heavy atom. The highest BCUT2D eigenvalue weighted by Crippen LogP contribution is 2.69. The van der Waals surface area contributed by atoms with Crippen LogP contribution in [0.2, 0.25) is 0 Å². The summed E-state index contributed by atoms with van der Waals surface area (Å²) in [6, 6.07) is 0. The van der Waals surface area contributed by atoms with E-state index >= 15 is 0 Å². The van der Waals surface area contributed by atoms with Gasteiger partial charge in [-0.3, -0.25) is 0 Å². The van der Waals surface area contributed by atoms with Crippen molar-refractivity contribution in [2.45, 2.75) is 72.1 Å². The van der Waals surface area contributed by atoms with Gasteiger partial charge in [-0.1, -0.05) is 27.2 Å². The summed E-state index contributed by atoms with van der Waals surface area (Å²) in [5, 5.41) is 3.78. The zero-order valence-corrected chi connectivity index (χ0v) is 12.6. The van der Waals surface area contributed by atoms with Crippen molar-refractivity contribution in [1.82, 2.24) is 5.32 Å². The Bertz CT molecular complexity index is 304. The highest BCUT2D eigenvalue weighted by Gasteiger charge is 2.59. The molecule has 2 unspecified atom stereocenters. The predicted octanol–water partition coefficient (Wildman–Crippen LogP) is 4.37. The Morgan fingerprint density at radius 2 is 1.67 bits per heavy atom. The molecule has 4 aliphatic rings. The fourth-order valence-corrected chi connectivity index (χ4v) is 6.54. The minimum Gasteiger partial charge on any atom is -0.316 e. The van der Waals surface area contributed by atoms with Gasteiger partial charge in [0.15, 0.2) is 0 Å². The Labute approximate surface area is 113 Å². The molecule has 4 aliphatic carbocycles. The quantitative estimate of drug-likeness (QED) is 0.713. The standard InChI is InChI=1S/C17H31N/c1-4-5-6-18-13-17-9-14-7-15(2,11-17)10-16(3,8-14)12-17/h14,18H,4-13H2,1-3H3. The first-order valence-corrected chi connectivity index (χ1v) is 8.17. The zero-order valence-electron chi connectivity index (χ0n) is 12.6. The maximum absolute atomic E-state index is 3.78. The molecule has 1 heteroatoms. The van der Waals surface area contributed by atoms with Crippen molar-refractivity contribution in [2.75, 3.05) is 13.1 Å². The molecule has 0 aromatic rings. The minimum atomic E-state index is 0.663. The van der Waals surface area contributed by atoms with Crippen molar-refractivity contribution in [3.05, 3.63) is 0 Å². The lowest BCUT2D eigenvalue weighted by Gasteiger charge is -2.65. The summed E-state index contributed by atoms with van der Waals surface area (Å²) in [6.07, 6.45) is 11.8. The highest BCUT2D eigenvalue weighted by atomic mass is 14.9. The number of hydrogen-bond donors (Lipinski definition) is 1. The van der Waals surface area contributed by atoms with Gasteiger partial charge in [0, 0.05) is 6.54 Å². The van der Waals surface area contributed by atoms with Crippen molar-refractivity contribution in [3.63, 3.8) is 0 Å². The van der Waals surface area contributed by atoms with Gasteiger partial charge >= 0.3 is 0 Å². The lowest BCUT2D eigenvalue weighted by atomic mass is 9.40. The van der Waals surface area contributed by atoms with Crippen molar-refractivity contribution >= 4 is 0 Å². The molecule has 18 heavy (non-hydrogen) atoms. The SMILES string of the molecule is CCCCNCC12CC3CC(C)(CC(C)(C3)C1)C2. The first-order valence-electron chi connectivity index (χ1n) is 8.17. The molecule has 1 N–H and O–H groups in total. The summed E-state index contributed by atoms with van der Waals surface area (Å²) < 4.78 is 0. The average molecular weight is 249 g/mol. The summed E-state index contributed by atoms with van der Waals surface area (Å²) in [4.78, 5) is 0. The third kappa shape index (κ3) is 2.24. The summed E-state index contributed by atoms with van der Waals surface area (Å²) in [7, 11) is 0. The second-order valence-electron chi connectivity index (χ2n) is 8.66. The first kappa shape index (κ1) is 13.0. The average Bonchev–Trinajstić information content (AvgIpc) is 2.19. The van der Waals surface area contributed by atoms with Crippen LogP contribution in [0.25, 0.3) is 0 Å². The molecule has 0 amide bonds. The topological polar surface area (TPSA) is 12.0 Å². The lowest BCUT2D eigenvalue weighted by Crippen LogP contribution is -2.57. The van der Waals surface area contributed by atoms with Gasteiger partial charge in [-0.15, -0.1) is 0 Å². The summed E-state index contributed by atoms with van der Waals surface area (Å²) in [5.74, 6) is 1.05. The predicted molar refractivity (Wildman–Crippen MR) is 77.6 cm³/mol. The Morgan fingerprint density at radius 1 is 1.00 bits per heavy atom. The molecule has 1 nitrogen and oxygen atoms in total. The normalized spacial score (nSPS) is 49.8. The summed E-state index contributed by atoms with van der Waals surface area (Å²) in [5.41, 5.74) is 2.03. The highest BCUT2D eigenvalue weighted by molar-refractivity contribution is 5.10. The van der Waals surface area contributed by atoms with Crippen LogP contribution in [0.1, 0.15) is 72.1 Å². The monoisotopic (exact) mass is 249 g/mol. The molecule has 0 radical (unpaired) electrons. The smallest absolute Gasteiger partial charge is 0.000832 e. The molecule has 0 saturated heterocycles. The maximum atomic E-state index is 3.78. The van der Waals surface area contributed by atoms with Crippen LogP contribution >= 0.6 is 0 Å². The van der Waals surface area contributed by atoms with Crippen molar-refractivity contribution in [3.8, 4) is 0 Å². The van der Waals surface area contributed by atoms with E-state index in [1.165, 1.54) is 64.5 Å². The number of rotatable bonds is 5. The van der Waals surface area contributed by atoms with E-state index in [1.807, 2.05) is 0 Å². The van der Waals surface area contributed by atoms with E-state index in [2.05, 4.69) is 26.1 Å². The molecule has 0 spiro atoms. The molecule has 104 valence electrons. The van der Waals surface area contributed by atoms with E-state index < -0.39 is 0 Å². The fourth-order valence-electron chi connectivity index (χ4n) is 6.54. The molecule has 4 rings (SSSR count). The molecule has 2 atom stereocenters. The van der Waals surface area contributed by atoms with Gasteiger partial charge in [0.25, 0.3) is 0 Å². The Balaban J connectivity index is 1.69. The number of hydrogen-bond acceptors (Lipinski definition) is 1. The van der Waals surface area contributed by atoms with E-state index in [0.29, 0.717) is 16.2 Å². The van der Waals surface area contributed by atoms with Crippen molar-refractivity contribution in [1.29, 1.82) is 0 Å². The summed E-state index contributed by atoms with van der Waals surface area (Å²) in [6.45, 7) is 9.98. The first-order chi connectivity index (χ1) is 8.47. The van der Waals surface area contributed by atoms with E-state index in [4.69, 9.17) is 0 Å². The van der Waals surface area contributed by atoms with E-state index in [0.717, 1.165) is 5.92 Å². The van der Waals surface area contributed by atoms with Crippen molar-refractivity contribution in [2.24, 2.45) is 22.2 Å². The number of unbranched alkanes of at least 4 members (excludes halogenated alkanes) is 1. The van der Waals surface area contributed by atoms with Crippen molar-refractivity contribution < 1.29 is 0 Å². The van der Waals surface area contributed by atoms with Crippen LogP contribution in [0.15, 0.2) is 0 Å². The second-order valence-corrected chi connectivity index (χ2v) is 8.66. The Kier molecular flexibility index (Phi) is 3.05. The molecule has 4 saturated carbocycles. The molecule has 4 fully saturated rings. The van der Waals surface area contributed by atoms with E-state index in [-0.39, 0.29) is 0 Å². The fraction of sp³-hybridized carbons (Fsp3) is 1.00. The van der Waals surface area contributed by atoms with Crippen LogP contribution in [-0.2, 0) is 0 Å². The maximum Gasteiger partial charge on any atom is 0.000832 e. The van der Waals surface area contributed by atoms with Gasteiger partial charge < -0.3 is 5.32 Å².